The Bertz CT molecular complexity index is 682. The number of nitrogens with one attached hydrogen (secondary N) is 3. The van der Waals surface area contributed by atoms with E-state index in [4.69, 9.17) is 4.74 Å². The second-order valence-corrected chi connectivity index (χ2v) is 7.69. The lowest BCUT2D eigenvalue weighted by Crippen LogP contribution is -2.48. The lowest BCUT2D eigenvalue weighted by atomic mass is 9.98. The number of ether oxygens (including phenoxy) is 1. The first-order valence-corrected chi connectivity index (χ1v) is 9.76. The Morgan fingerprint density at radius 2 is 1.82 bits per heavy atom. The van der Waals surface area contributed by atoms with E-state index >= 15 is 0 Å². The zero-order valence-electron chi connectivity index (χ0n) is 15.9. The molecule has 1 spiro atoms. The molecule has 3 aliphatic rings. The average molecular weight is 394 g/mol. The van der Waals surface area contributed by atoms with Gasteiger partial charge in [-0.3, -0.25) is 24.6 Å². The van der Waals surface area contributed by atoms with Crippen LogP contribution in [0.25, 0.3) is 0 Å². The summed E-state index contributed by atoms with van der Waals surface area (Å²) in [5.41, 5.74) is -0.904. The van der Waals surface area contributed by atoms with E-state index in [0.29, 0.717) is 12.8 Å². The highest BCUT2D eigenvalue weighted by Gasteiger charge is 2.52. The van der Waals surface area contributed by atoms with Gasteiger partial charge in [-0.15, -0.1) is 0 Å². The van der Waals surface area contributed by atoms with Gasteiger partial charge in [0, 0.05) is 6.04 Å². The van der Waals surface area contributed by atoms with Crippen molar-refractivity contribution < 1.29 is 28.7 Å². The Morgan fingerprint density at radius 3 is 2.46 bits per heavy atom. The summed E-state index contributed by atoms with van der Waals surface area (Å²) >= 11 is 0. The van der Waals surface area contributed by atoms with Crippen molar-refractivity contribution in [2.75, 3.05) is 6.54 Å². The first-order valence-electron chi connectivity index (χ1n) is 9.76. The molecule has 2 aliphatic carbocycles. The molecule has 1 heterocycles. The number of carbonyl (C=O) groups excluding carboxylic acids is 5. The van der Waals surface area contributed by atoms with Gasteiger partial charge in [0.2, 0.25) is 0 Å². The molecule has 28 heavy (non-hydrogen) atoms. The molecule has 1 atom stereocenters. The summed E-state index contributed by atoms with van der Waals surface area (Å²) in [4.78, 5) is 61.3. The van der Waals surface area contributed by atoms with Gasteiger partial charge in [0.05, 0.1) is 0 Å². The van der Waals surface area contributed by atoms with Crippen molar-refractivity contribution in [3.8, 4) is 0 Å². The molecule has 0 aromatic rings. The van der Waals surface area contributed by atoms with Crippen LogP contribution in [0.15, 0.2) is 0 Å². The first-order chi connectivity index (χ1) is 13.3. The van der Waals surface area contributed by atoms with Crippen LogP contribution in [0.5, 0.6) is 0 Å². The van der Waals surface area contributed by atoms with Gasteiger partial charge in [-0.25, -0.2) is 9.59 Å². The fourth-order valence-electron chi connectivity index (χ4n) is 4.06. The molecule has 1 saturated heterocycles. The molecule has 2 saturated carbocycles. The summed E-state index contributed by atoms with van der Waals surface area (Å²) < 4.78 is 4.99. The maximum Gasteiger partial charge on any atom is 0.327 e. The maximum atomic E-state index is 12.5. The van der Waals surface area contributed by atoms with Crippen molar-refractivity contribution in [1.82, 2.24) is 20.9 Å². The number of imide groups is 2. The minimum atomic E-state index is -1.23. The van der Waals surface area contributed by atoms with Crippen molar-refractivity contribution in [1.29, 1.82) is 0 Å². The van der Waals surface area contributed by atoms with E-state index < -0.39 is 48.0 Å². The van der Waals surface area contributed by atoms with E-state index in [9.17, 15) is 24.0 Å². The smallest absolute Gasteiger partial charge is 0.327 e. The summed E-state index contributed by atoms with van der Waals surface area (Å²) in [6.45, 7) is 0.749. The molecular formula is C18H26N4O6. The van der Waals surface area contributed by atoms with Gasteiger partial charge in [0.1, 0.15) is 12.1 Å². The third-order valence-corrected chi connectivity index (χ3v) is 5.59. The Hall–Kier alpha value is -2.65. The number of rotatable bonds is 5. The Balaban J connectivity index is 1.46. The predicted octanol–water partition coefficient (Wildman–Crippen LogP) is 0.551. The molecule has 0 bridgehead atoms. The number of urea groups is 2. The quantitative estimate of drug-likeness (QED) is 0.461. The molecule has 10 heteroatoms. The van der Waals surface area contributed by atoms with Crippen LogP contribution in [0, 0.1) is 0 Å². The van der Waals surface area contributed by atoms with Gasteiger partial charge in [0.25, 0.3) is 11.8 Å². The first kappa shape index (κ1) is 20.1. The minimum Gasteiger partial charge on any atom is -0.451 e. The third kappa shape index (κ3) is 4.26. The largest absolute Gasteiger partial charge is 0.451 e. The Kier molecular flexibility index (Phi) is 5.85. The van der Waals surface area contributed by atoms with Crippen molar-refractivity contribution in [3.05, 3.63) is 0 Å². The van der Waals surface area contributed by atoms with Crippen molar-refractivity contribution in [2.24, 2.45) is 0 Å². The summed E-state index contributed by atoms with van der Waals surface area (Å²) in [5, 5.41) is 7.50. The number of hydrogen-bond acceptors (Lipinski definition) is 6. The molecule has 3 fully saturated rings. The molecule has 10 nitrogen and oxygen atoms in total. The van der Waals surface area contributed by atoms with Crippen LogP contribution in [0.2, 0.25) is 0 Å². The lowest BCUT2D eigenvalue weighted by molar-refractivity contribution is -0.156. The SMILES string of the molecule is C[C@@H](OC(=O)CN1C(=O)NC2(CCCC2)C1=O)C(=O)NC(=O)NC1CCCC1. The molecular weight excluding hydrogens is 368 g/mol. The predicted molar refractivity (Wildman–Crippen MR) is 95.9 cm³/mol. The van der Waals surface area contributed by atoms with Gasteiger partial charge in [-0.05, 0) is 32.6 Å². The van der Waals surface area contributed by atoms with Crippen LogP contribution in [-0.4, -0.2) is 59.0 Å². The highest BCUT2D eigenvalue weighted by molar-refractivity contribution is 6.09. The number of esters is 1. The van der Waals surface area contributed by atoms with Crippen molar-refractivity contribution >= 4 is 29.8 Å². The minimum absolute atomic E-state index is 0.0493. The topological polar surface area (TPSA) is 134 Å². The van der Waals surface area contributed by atoms with E-state index in [2.05, 4.69) is 16.0 Å². The Morgan fingerprint density at radius 1 is 1.18 bits per heavy atom. The molecule has 0 aromatic carbocycles. The van der Waals surface area contributed by atoms with Crippen LogP contribution < -0.4 is 16.0 Å². The van der Waals surface area contributed by atoms with Gasteiger partial charge < -0.3 is 15.4 Å². The van der Waals surface area contributed by atoms with Crippen molar-refractivity contribution in [2.45, 2.75) is 76.0 Å². The highest BCUT2D eigenvalue weighted by Crippen LogP contribution is 2.34. The monoisotopic (exact) mass is 394 g/mol. The molecule has 3 rings (SSSR count). The van der Waals surface area contributed by atoms with Crippen LogP contribution in [-0.2, 0) is 19.1 Å². The molecule has 0 unspecified atom stereocenters. The van der Waals surface area contributed by atoms with E-state index in [1.54, 1.807) is 0 Å². The summed E-state index contributed by atoms with van der Waals surface area (Å²) in [7, 11) is 0. The van der Waals surface area contributed by atoms with Gasteiger partial charge in [0.15, 0.2) is 6.10 Å². The number of hydrogen-bond donors (Lipinski definition) is 3. The zero-order valence-corrected chi connectivity index (χ0v) is 15.9. The molecule has 154 valence electrons. The fraction of sp³-hybridized carbons (Fsp3) is 0.722. The summed E-state index contributed by atoms with van der Waals surface area (Å²) in [6, 6.07) is -1.21. The standard InChI is InChI=1S/C18H26N4O6/c1-11(14(24)20-16(26)19-12-6-2-3-7-12)28-13(23)10-22-15(25)18(21-17(22)27)8-4-5-9-18/h11-12H,2-10H2,1H3,(H,21,27)(H2,19,20,24,26)/t11-/m1/s1. The number of amides is 6. The maximum absolute atomic E-state index is 12.5. The van der Waals surface area contributed by atoms with E-state index in [-0.39, 0.29) is 6.04 Å². The highest BCUT2D eigenvalue weighted by atomic mass is 16.5. The molecule has 0 aromatic heterocycles. The van der Waals surface area contributed by atoms with E-state index in [1.165, 1.54) is 6.92 Å². The normalized spacial score (nSPS) is 22.2. The average Bonchev–Trinajstić information content (AvgIpc) is 3.35. The molecule has 6 amide bonds. The summed E-state index contributed by atoms with van der Waals surface area (Å²) in [6.07, 6.45) is 5.38. The molecule has 1 aliphatic heterocycles. The third-order valence-electron chi connectivity index (χ3n) is 5.59. The number of carbonyl (C=O) groups is 5. The number of nitrogens with zero attached hydrogens (tertiary/aromatic N) is 1. The van der Waals surface area contributed by atoms with Crippen LogP contribution in [0.4, 0.5) is 9.59 Å². The van der Waals surface area contributed by atoms with Gasteiger partial charge in [-0.2, -0.15) is 0 Å². The lowest BCUT2D eigenvalue weighted by Gasteiger charge is -2.20. The van der Waals surface area contributed by atoms with Gasteiger partial charge >= 0.3 is 18.0 Å². The van der Waals surface area contributed by atoms with Gasteiger partial charge in [-0.1, -0.05) is 25.7 Å². The summed E-state index contributed by atoms with van der Waals surface area (Å²) in [5.74, 6) is -2.09. The van der Waals surface area contributed by atoms with Crippen LogP contribution in [0.1, 0.15) is 58.3 Å². The second-order valence-electron chi connectivity index (χ2n) is 7.69. The van der Waals surface area contributed by atoms with Crippen LogP contribution in [0.3, 0.4) is 0 Å². The van der Waals surface area contributed by atoms with Crippen molar-refractivity contribution in [3.63, 3.8) is 0 Å². The fourth-order valence-corrected chi connectivity index (χ4v) is 4.06. The van der Waals surface area contributed by atoms with E-state index in [0.717, 1.165) is 43.4 Å². The molecule has 0 radical (unpaired) electrons. The Labute approximate surface area is 162 Å². The second kappa shape index (κ2) is 8.15. The zero-order chi connectivity index (χ0) is 20.3. The van der Waals surface area contributed by atoms with E-state index in [1.807, 2.05) is 0 Å². The van der Waals surface area contributed by atoms with Crippen LogP contribution >= 0.6 is 0 Å². The molecule has 3 N–H and O–H groups in total.